The molecular formula is C30H33NO7. The van der Waals surface area contributed by atoms with Crippen molar-refractivity contribution in [3.63, 3.8) is 0 Å². The summed E-state index contributed by atoms with van der Waals surface area (Å²) in [6.45, 7) is 5.57. The van der Waals surface area contributed by atoms with Gasteiger partial charge in [0.1, 0.15) is 5.92 Å². The third kappa shape index (κ3) is 4.90. The summed E-state index contributed by atoms with van der Waals surface area (Å²) in [4.78, 5) is 40.8. The van der Waals surface area contributed by atoms with Crippen molar-refractivity contribution in [2.45, 2.75) is 39.0 Å². The van der Waals surface area contributed by atoms with E-state index < -0.39 is 29.7 Å². The lowest BCUT2D eigenvalue weighted by Crippen LogP contribution is -2.43. The van der Waals surface area contributed by atoms with Crippen LogP contribution >= 0.6 is 0 Å². The van der Waals surface area contributed by atoms with Gasteiger partial charge in [-0.05, 0) is 50.5 Å². The second kappa shape index (κ2) is 11.5. The molecule has 1 aliphatic carbocycles. The molecule has 1 heterocycles. The Morgan fingerprint density at radius 1 is 0.921 bits per heavy atom. The van der Waals surface area contributed by atoms with E-state index in [0.717, 1.165) is 5.56 Å². The fourth-order valence-electron chi connectivity index (χ4n) is 5.40. The first-order chi connectivity index (χ1) is 18.4. The molecule has 1 N–H and O–H groups in total. The van der Waals surface area contributed by atoms with E-state index in [1.807, 2.05) is 30.3 Å². The number of allylic oxidation sites excluding steroid dienone is 3. The molecule has 0 aromatic heterocycles. The molecule has 3 unspecified atom stereocenters. The van der Waals surface area contributed by atoms with Gasteiger partial charge in [0.15, 0.2) is 17.3 Å². The monoisotopic (exact) mass is 519 g/mol. The van der Waals surface area contributed by atoms with Gasteiger partial charge in [0.05, 0.1) is 33.0 Å². The van der Waals surface area contributed by atoms with Crippen molar-refractivity contribution in [3.05, 3.63) is 82.2 Å². The Kier molecular flexibility index (Phi) is 8.20. The fraction of sp³-hybridized carbons (Fsp3) is 0.367. The number of carbonyl (C=O) groups excluding carboxylic acids is 3. The molecule has 0 fully saturated rings. The van der Waals surface area contributed by atoms with Crippen molar-refractivity contribution < 1.29 is 33.3 Å². The number of rotatable bonds is 8. The molecule has 8 heteroatoms. The van der Waals surface area contributed by atoms with E-state index in [9.17, 15) is 14.4 Å². The molecule has 200 valence electrons. The zero-order valence-corrected chi connectivity index (χ0v) is 22.3. The summed E-state index contributed by atoms with van der Waals surface area (Å²) in [6, 6.07) is 14.8. The maximum atomic E-state index is 14.3. The quantitative estimate of drug-likeness (QED) is 0.404. The lowest BCUT2D eigenvalue weighted by molar-refractivity contribution is -0.152. The first-order valence-corrected chi connectivity index (χ1v) is 12.7. The van der Waals surface area contributed by atoms with Gasteiger partial charge in [-0.3, -0.25) is 9.59 Å². The van der Waals surface area contributed by atoms with Crippen molar-refractivity contribution in [1.82, 2.24) is 5.32 Å². The summed E-state index contributed by atoms with van der Waals surface area (Å²) in [7, 11) is 3.06. The minimum absolute atomic E-state index is 0.153. The van der Waals surface area contributed by atoms with Crippen LogP contribution in [0.2, 0.25) is 0 Å². The standard InChI is InChI=1S/C30H33NO7/c1-6-37-29(33)24-17(3)31-21-16-20(18-11-9-8-10-12-18)26(30(34)38-7-2)28(32)27(21)25(24)19-13-14-22(35-4)23(15-19)36-5/h8-15,20,25-26,31H,6-7,16H2,1-5H3. The molecular weight excluding hydrogens is 486 g/mol. The zero-order chi connectivity index (χ0) is 27.4. The Hall–Kier alpha value is -4.07. The SMILES string of the molecule is CCOC(=O)C1=C(C)NC2=C(C(=O)C(C(=O)OCC)C(c3ccccc3)C2)C1c1ccc(OC)c(OC)c1. The Morgan fingerprint density at radius 2 is 1.61 bits per heavy atom. The smallest absolute Gasteiger partial charge is 0.336 e. The van der Waals surface area contributed by atoms with E-state index in [1.54, 1.807) is 39.0 Å². The normalized spacial score (nSPS) is 20.9. The molecule has 0 amide bonds. The second-order valence-corrected chi connectivity index (χ2v) is 9.14. The number of hydrogen-bond donors (Lipinski definition) is 1. The maximum Gasteiger partial charge on any atom is 0.336 e. The largest absolute Gasteiger partial charge is 0.493 e. The lowest BCUT2D eigenvalue weighted by atomic mass is 9.67. The molecule has 4 rings (SSSR count). The first-order valence-electron chi connectivity index (χ1n) is 12.7. The minimum Gasteiger partial charge on any atom is -0.493 e. The summed E-state index contributed by atoms with van der Waals surface area (Å²) in [6.07, 6.45) is 0.395. The summed E-state index contributed by atoms with van der Waals surface area (Å²) in [5.41, 5.74) is 3.45. The van der Waals surface area contributed by atoms with Crippen molar-refractivity contribution >= 4 is 17.7 Å². The molecule has 0 saturated heterocycles. The molecule has 2 aliphatic rings. The Morgan fingerprint density at radius 3 is 2.24 bits per heavy atom. The van der Waals surface area contributed by atoms with Gasteiger partial charge < -0.3 is 24.3 Å². The lowest BCUT2D eigenvalue weighted by Gasteiger charge is -2.39. The third-order valence-corrected chi connectivity index (χ3v) is 7.02. The molecule has 2 aromatic carbocycles. The van der Waals surface area contributed by atoms with Crippen LogP contribution in [-0.4, -0.2) is 45.2 Å². The van der Waals surface area contributed by atoms with Gasteiger partial charge in [-0.15, -0.1) is 0 Å². The van der Waals surface area contributed by atoms with Crippen molar-refractivity contribution in [2.75, 3.05) is 27.4 Å². The molecule has 0 bridgehead atoms. The number of Topliss-reactive ketones (excluding diaryl/α,β-unsaturated/α-hetero) is 1. The van der Waals surface area contributed by atoms with Crippen LogP contribution in [0.25, 0.3) is 0 Å². The van der Waals surface area contributed by atoms with Crippen molar-refractivity contribution in [1.29, 1.82) is 0 Å². The number of methoxy groups -OCH3 is 2. The van der Waals surface area contributed by atoms with Crippen LogP contribution in [0.15, 0.2) is 71.1 Å². The molecule has 1 aliphatic heterocycles. The molecule has 0 spiro atoms. The summed E-state index contributed by atoms with van der Waals surface area (Å²) in [5, 5.41) is 3.31. The number of ketones is 1. The number of benzene rings is 2. The van der Waals surface area contributed by atoms with Crippen molar-refractivity contribution in [2.24, 2.45) is 5.92 Å². The maximum absolute atomic E-state index is 14.3. The van der Waals surface area contributed by atoms with Gasteiger partial charge in [-0.1, -0.05) is 36.4 Å². The molecule has 0 radical (unpaired) electrons. The number of carbonyl (C=O) groups is 3. The average Bonchev–Trinajstić information content (AvgIpc) is 2.92. The number of hydrogen-bond acceptors (Lipinski definition) is 8. The van der Waals surface area contributed by atoms with Crippen LogP contribution in [0.3, 0.4) is 0 Å². The third-order valence-electron chi connectivity index (χ3n) is 7.02. The Bertz CT molecular complexity index is 1290. The highest BCUT2D eigenvalue weighted by Gasteiger charge is 2.49. The van der Waals surface area contributed by atoms with E-state index in [2.05, 4.69) is 5.32 Å². The summed E-state index contributed by atoms with van der Waals surface area (Å²) >= 11 is 0. The molecule has 38 heavy (non-hydrogen) atoms. The highest BCUT2D eigenvalue weighted by molar-refractivity contribution is 6.13. The summed E-state index contributed by atoms with van der Waals surface area (Å²) < 4.78 is 21.7. The van der Waals surface area contributed by atoms with E-state index in [0.29, 0.717) is 46.0 Å². The first kappa shape index (κ1) is 27.0. The van der Waals surface area contributed by atoms with Crippen LogP contribution in [0.4, 0.5) is 0 Å². The number of ether oxygens (including phenoxy) is 4. The average molecular weight is 520 g/mol. The van der Waals surface area contributed by atoms with E-state index in [1.165, 1.54) is 14.2 Å². The number of dihydropyridines is 1. The van der Waals surface area contributed by atoms with Gasteiger partial charge in [0, 0.05) is 28.8 Å². The number of esters is 2. The predicted molar refractivity (Wildman–Crippen MR) is 141 cm³/mol. The van der Waals surface area contributed by atoms with Crippen LogP contribution in [0, 0.1) is 5.92 Å². The van der Waals surface area contributed by atoms with Gasteiger partial charge in [-0.2, -0.15) is 0 Å². The van der Waals surface area contributed by atoms with E-state index in [4.69, 9.17) is 18.9 Å². The van der Waals surface area contributed by atoms with Crippen LogP contribution < -0.4 is 14.8 Å². The minimum atomic E-state index is -1.05. The second-order valence-electron chi connectivity index (χ2n) is 9.14. The van der Waals surface area contributed by atoms with Gasteiger partial charge in [-0.25, -0.2) is 4.79 Å². The molecule has 0 saturated carbocycles. The van der Waals surface area contributed by atoms with Crippen LogP contribution in [-0.2, 0) is 23.9 Å². The van der Waals surface area contributed by atoms with Crippen LogP contribution in [0.1, 0.15) is 50.2 Å². The fourth-order valence-corrected chi connectivity index (χ4v) is 5.40. The van der Waals surface area contributed by atoms with Gasteiger partial charge in [0.25, 0.3) is 0 Å². The molecule has 3 atom stereocenters. The highest BCUT2D eigenvalue weighted by atomic mass is 16.5. The van der Waals surface area contributed by atoms with E-state index in [-0.39, 0.29) is 19.0 Å². The Labute approximate surface area is 222 Å². The van der Waals surface area contributed by atoms with Gasteiger partial charge in [0.2, 0.25) is 0 Å². The predicted octanol–water partition coefficient (Wildman–Crippen LogP) is 4.42. The van der Waals surface area contributed by atoms with Crippen LogP contribution in [0.5, 0.6) is 11.5 Å². The zero-order valence-electron chi connectivity index (χ0n) is 22.3. The Balaban J connectivity index is 1.92. The highest BCUT2D eigenvalue weighted by Crippen LogP contribution is 2.49. The van der Waals surface area contributed by atoms with E-state index >= 15 is 0 Å². The topological polar surface area (TPSA) is 100 Å². The summed E-state index contributed by atoms with van der Waals surface area (Å²) in [5.74, 6) is -2.76. The number of nitrogens with one attached hydrogen (secondary N) is 1. The molecule has 8 nitrogen and oxygen atoms in total. The van der Waals surface area contributed by atoms with Gasteiger partial charge >= 0.3 is 11.9 Å². The molecule has 2 aromatic rings. The van der Waals surface area contributed by atoms with Crippen molar-refractivity contribution in [3.8, 4) is 11.5 Å².